The lowest BCUT2D eigenvalue weighted by molar-refractivity contribution is 0.182. The minimum Gasteiger partial charge on any atom is -0.399 e. The summed E-state index contributed by atoms with van der Waals surface area (Å²) in [4.78, 5) is 0.140. The number of nitrogen functional groups attached to an aromatic ring is 1. The average Bonchev–Trinajstić information content (AvgIpc) is 2.93. The van der Waals surface area contributed by atoms with E-state index in [1.165, 1.54) is 23.5 Å². The largest absolute Gasteiger partial charge is 0.399 e. The van der Waals surface area contributed by atoms with Crippen molar-refractivity contribution in [2.45, 2.75) is 17.9 Å². The van der Waals surface area contributed by atoms with Crippen molar-refractivity contribution in [3.05, 3.63) is 46.2 Å². The van der Waals surface area contributed by atoms with E-state index in [2.05, 4.69) is 4.72 Å². The van der Waals surface area contributed by atoms with Crippen molar-refractivity contribution in [1.29, 1.82) is 0 Å². The highest BCUT2D eigenvalue weighted by Gasteiger charge is 2.17. The molecule has 0 fully saturated rings. The summed E-state index contributed by atoms with van der Waals surface area (Å²) >= 11 is 1.45. The summed E-state index contributed by atoms with van der Waals surface area (Å²) in [6, 6.07) is 6.27. The van der Waals surface area contributed by atoms with Gasteiger partial charge in [-0.1, -0.05) is 0 Å². The molecule has 1 aromatic carbocycles. The van der Waals surface area contributed by atoms with Crippen LogP contribution in [0.25, 0.3) is 0 Å². The molecule has 0 amide bonds. The van der Waals surface area contributed by atoms with E-state index < -0.39 is 16.1 Å². The molecule has 108 valence electrons. The molecule has 1 aromatic heterocycles. The molecule has 2 rings (SSSR count). The van der Waals surface area contributed by atoms with Crippen LogP contribution in [0.4, 0.5) is 5.69 Å². The van der Waals surface area contributed by atoms with Crippen molar-refractivity contribution in [3.8, 4) is 0 Å². The minimum atomic E-state index is -3.65. The Morgan fingerprint density at radius 1 is 1.40 bits per heavy atom. The maximum absolute atomic E-state index is 12.1. The Morgan fingerprint density at radius 3 is 2.75 bits per heavy atom. The average molecular weight is 312 g/mol. The molecule has 1 heterocycles. The second-order valence-electron chi connectivity index (χ2n) is 4.44. The van der Waals surface area contributed by atoms with Crippen molar-refractivity contribution in [2.75, 3.05) is 12.3 Å². The molecule has 0 spiro atoms. The van der Waals surface area contributed by atoms with Crippen LogP contribution in [0.5, 0.6) is 0 Å². The SMILES string of the molecule is Cc1cc(S(=O)(=O)NCC(O)c2ccsc2)ccc1N. The monoisotopic (exact) mass is 312 g/mol. The van der Waals surface area contributed by atoms with Gasteiger partial charge >= 0.3 is 0 Å². The lowest BCUT2D eigenvalue weighted by atomic mass is 10.2. The molecule has 2 aromatic rings. The van der Waals surface area contributed by atoms with Crippen molar-refractivity contribution < 1.29 is 13.5 Å². The van der Waals surface area contributed by atoms with Crippen LogP contribution in [-0.4, -0.2) is 20.1 Å². The summed E-state index contributed by atoms with van der Waals surface area (Å²) in [6.45, 7) is 1.68. The Hall–Kier alpha value is -1.41. The van der Waals surface area contributed by atoms with E-state index in [0.717, 1.165) is 0 Å². The number of nitrogens with one attached hydrogen (secondary N) is 1. The predicted molar refractivity (Wildman–Crippen MR) is 80.1 cm³/mol. The Labute approximate surface area is 122 Å². The van der Waals surface area contributed by atoms with E-state index >= 15 is 0 Å². The second-order valence-corrected chi connectivity index (χ2v) is 6.99. The third kappa shape index (κ3) is 3.37. The van der Waals surface area contributed by atoms with Crippen LogP contribution in [0.3, 0.4) is 0 Å². The number of rotatable bonds is 5. The highest BCUT2D eigenvalue weighted by atomic mass is 32.2. The van der Waals surface area contributed by atoms with E-state index in [0.29, 0.717) is 16.8 Å². The van der Waals surface area contributed by atoms with E-state index in [1.807, 2.05) is 5.38 Å². The Kier molecular flexibility index (Phi) is 4.44. The first kappa shape index (κ1) is 15.0. The topological polar surface area (TPSA) is 92.4 Å². The number of aliphatic hydroxyl groups is 1. The molecule has 0 saturated carbocycles. The number of nitrogens with two attached hydrogens (primary N) is 1. The fourth-order valence-electron chi connectivity index (χ4n) is 1.67. The summed E-state index contributed by atoms with van der Waals surface area (Å²) in [7, 11) is -3.65. The number of sulfonamides is 1. The standard InChI is InChI=1S/C13H16N2O3S2/c1-9-6-11(2-3-12(9)14)20(17,18)15-7-13(16)10-4-5-19-8-10/h2-6,8,13,15-16H,7,14H2,1H3. The zero-order valence-electron chi connectivity index (χ0n) is 10.9. The molecule has 0 saturated heterocycles. The van der Waals surface area contributed by atoms with Crippen molar-refractivity contribution in [3.63, 3.8) is 0 Å². The summed E-state index contributed by atoms with van der Waals surface area (Å²) in [5.41, 5.74) is 7.61. The number of hydrogen-bond acceptors (Lipinski definition) is 5. The van der Waals surface area contributed by atoms with Crippen LogP contribution in [0.1, 0.15) is 17.2 Å². The Balaban J connectivity index is 2.09. The van der Waals surface area contributed by atoms with E-state index in [4.69, 9.17) is 5.73 Å². The lowest BCUT2D eigenvalue weighted by Crippen LogP contribution is -2.28. The van der Waals surface area contributed by atoms with Crippen LogP contribution < -0.4 is 10.5 Å². The first-order valence-electron chi connectivity index (χ1n) is 5.96. The molecule has 20 heavy (non-hydrogen) atoms. The van der Waals surface area contributed by atoms with E-state index in [1.54, 1.807) is 24.4 Å². The number of benzene rings is 1. The van der Waals surface area contributed by atoms with Crippen molar-refractivity contribution in [1.82, 2.24) is 4.72 Å². The van der Waals surface area contributed by atoms with Gasteiger partial charge in [-0.3, -0.25) is 0 Å². The van der Waals surface area contributed by atoms with Gasteiger partial charge in [-0.2, -0.15) is 11.3 Å². The summed E-state index contributed by atoms with van der Waals surface area (Å²) in [6.07, 6.45) is -0.856. The van der Waals surface area contributed by atoms with Crippen LogP contribution in [0.2, 0.25) is 0 Å². The Bertz CT molecular complexity index is 682. The highest BCUT2D eigenvalue weighted by Crippen LogP contribution is 2.18. The fourth-order valence-corrected chi connectivity index (χ4v) is 3.50. The fraction of sp³-hybridized carbons (Fsp3) is 0.231. The third-order valence-electron chi connectivity index (χ3n) is 2.95. The van der Waals surface area contributed by atoms with Gasteiger partial charge in [0.1, 0.15) is 0 Å². The number of thiophene rings is 1. The molecule has 7 heteroatoms. The molecule has 4 N–H and O–H groups in total. The van der Waals surface area contributed by atoms with Gasteiger partial charge in [0.2, 0.25) is 10.0 Å². The molecule has 0 aliphatic rings. The maximum Gasteiger partial charge on any atom is 0.240 e. The van der Waals surface area contributed by atoms with Gasteiger partial charge in [0.25, 0.3) is 0 Å². The minimum absolute atomic E-state index is 0.0670. The quantitative estimate of drug-likeness (QED) is 0.732. The van der Waals surface area contributed by atoms with Crippen LogP contribution in [0.15, 0.2) is 39.9 Å². The maximum atomic E-state index is 12.1. The molecule has 5 nitrogen and oxygen atoms in total. The molecule has 0 radical (unpaired) electrons. The summed E-state index contributed by atoms with van der Waals surface area (Å²) in [5.74, 6) is 0. The van der Waals surface area contributed by atoms with Crippen LogP contribution in [-0.2, 0) is 10.0 Å². The molecule has 0 bridgehead atoms. The number of hydrogen-bond donors (Lipinski definition) is 3. The number of aliphatic hydroxyl groups excluding tert-OH is 1. The number of aryl methyl sites for hydroxylation is 1. The van der Waals surface area contributed by atoms with Gasteiger partial charge < -0.3 is 10.8 Å². The molecule has 1 unspecified atom stereocenters. The van der Waals surface area contributed by atoms with Gasteiger partial charge in [0.15, 0.2) is 0 Å². The van der Waals surface area contributed by atoms with Gasteiger partial charge in [-0.05, 0) is 53.1 Å². The normalized spacial score (nSPS) is 13.3. The lowest BCUT2D eigenvalue weighted by Gasteiger charge is -2.12. The first-order chi connectivity index (χ1) is 9.40. The van der Waals surface area contributed by atoms with Gasteiger partial charge in [0.05, 0.1) is 11.0 Å². The number of anilines is 1. The Morgan fingerprint density at radius 2 is 2.15 bits per heavy atom. The van der Waals surface area contributed by atoms with Crippen LogP contribution in [0, 0.1) is 6.92 Å². The zero-order valence-corrected chi connectivity index (χ0v) is 12.5. The molecular weight excluding hydrogens is 296 g/mol. The van der Waals surface area contributed by atoms with E-state index in [-0.39, 0.29) is 11.4 Å². The van der Waals surface area contributed by atoms with Gasteiger partial charge in [-0.25, -0.2) is 13.1 Å². The molecular formula is C13H16N2O3S2. The van der Waals surface area contributed by atoms with Gasteiger partial charge in [0, 0.05) is 12.2 Å². The molecule has 1 atom stereocenters. The highest BCUT2D eigenvalue weighted by molar-refractivity contribution is 7.89. The smallest absolute Gasteiger partial charge is 0.240 e. The summed E-state index contributed by atoms with van der Waals surface area (Å²) < 4.78 is 26.6. The molecule has 0 aliphatic heterocycles. The molecule has 0 aliphatic carbocycles. The van der Waals surface area contributed by atoms with Crippen LogP contribution >= 0.6 is 11.3 Å². The van der Waals surface area contributed by atoms with Crippen molar-refractivity contribution >= 4 is 27.0 Å². The second kappa shape index (κ2) is 5.92. The van der Waals surface area contributed by atoms with Crippen molar-refractivity contribution in [2.24, 2.45) is 0 Å². The zero-order chi connectivity index (χ0) is 14.8. The summed E-state index contributed by atoms with van der Waals surface area (Å²) in [5, 5.41) is 13.5. The van der Waals surface area contributed by atoms with E-state index in [9.17, 15) is 13.5 Å². The first-order valence-corrected chi connectivity index (χ1v) is 8.39. The third-order valence-corrected chi connectivity index (χ3v) is 5.07. The van der Waals surface area contributed by atoms with Gasteiger partial charge in [-0.15, -0.1) is 0 Å². The predicted octanol–water partition coefficient (Wildman–Crippen LogP) is 1.65.